The van der Waals surface area contributed by atoms with Crippen LogP contribution >= 0.6 is 23.2 Å². The molecule has 0 saturated carbocycles. The molecule has 0 aliphatic heterocycles. The lowest BCUT2D eigenvalue weighted by molar-refractivity contribution is 0.340. The van der Waals surface area contributed by atoms with Gasteiger partial charge in [-0.05, 0) is 37.3 Å². The first-order chi connectivity index (χ1) is 9.61. The maximum absolute atomic E-state index is 13.6. The third-order valence-corrected chi connectivity index (χ3v) is 3.41. The van der Waals surface area contributed by atoms with Crippen LogP contribution in [0.25, 0.3) is 0 Å². The van der Waals surface area contributed by atoms with Crippen LogP contribution in [0.15, 0.2) is 36.4 Å². The Morgan fingerprint density at radius 2 is 1.95 bits per heavy atom. The monoisotopic (exact) mass is 313 g/mol. The van der Waals surface area contributed by atoms with Gasteiger partial charge in [0.05, 0.1) is 11.6 Å². The van der Waals surface area contributed by atoms with Crippen molar-refractivity contribution in [2.75, 3.05) is 11.9 Å². The minimum Gasteiger partial charge on any atom is -0.492 e. The summed E-state index contributed by atoms with van der Waals surface area (Å²) >= 11 is 12.1. The molecule has 0 spiro atoms. The predicted octanol–water partition coefficient (Wildman–Crippen LogP) is 5.14. The highest BCUT2D eigenvalue weighted by atomic mass is 35.5. The fraction of sp³-hybridized carbons (Fsp3) is 0.200. The van der Waals surface area contributed by atoms with Gasteiger partial charge >= 0.3 is 0 Å². The summed E-state index contributed by atoms with van der Waals surface area (Å²) in [5.74, 6) is 0.297. The van der Waals surface area contributed by atoms with Gasteiger partial charge in [0.2, 0.25) is 0 Å². The van der Waals surface area contributed by atoms with E-state index in [1.165, 1.54) is 6.07 Å². The molecule has 0 saturated heterocycles. The van der Waals surface area contributed by atoms with Crippen molar-refractivity contribution in [3.8, 4) is 5.75 Å². The van der Waals surface area contributed by atoms with E-state index in [1.54, 1.807) is 24.3 Å². The van der Waals surface area contributed by atoms with Gasteiger partial charge in [-0.25, -0.2) is 4.39 Å². The molecule has 0 amide bonds. The Morgan fingerprint density at radius 3 is 2.60 bits per heavy atom. The smallest absolute Gasteiger partial charge is 0.138 e. The first-order valence-corrected chi connectivity index (χ1v) is 6.96. The summed E-state index contributed by atoms with van der Waals surface area (Å²) in [5.41, 5.74) is 1.21. The second-order valence-corrected chi connectivity index (χ2v) is 4.95. The Labute approximate surface area is 127 Å². The van der Waals surface area contributed by atoms with E-state index in [-0.39, 0.29) is 12.4 Å². The van der Waals surface area contributed by atoms with E-state index in [0.29, 0.717) is 28.0 Å². The zero-order valence-electron chi connectivity index (χ0n) is 10.9. The molecule has 5 heteroatoms. The van der Waals surface area contributed by atoms with Gasteiger partial charge in [0, 0.05) is 22.8 Å². The minimum atomic E-state index is -0.331. The van der Waals surface area contributed by atoms with Crippen molar-refractivity contribution in [1.29, 1.82) is 0 Å². The van der Waals surface area contributed by atoms with Gasteiger partial charge in [-0.2, -0.15) is 0 Å². The average Bonchev–Trinajstić information content (AvgIpc) is 2.41. The molecule has 0 aromatic heterocycles. The van der Waals surface area contributed by atoms with Crippen LogP contribution in [0.1, 0.15) is 12.5 Å². The van der Waals surface area contributed by atoms with E-state index in [1.807, 2.05) is 13.0 Å². The van der Waals surface area contributed by atoms with Gasteiger partial charge in [-0.15, -0.1) is 0 Å². The van der Waals surface area contributed by atoms with E-state index in [4.69, 9.17) is 27.9 Å². The molecule has 1 N–H and O–H groups in total. The normalized spacial score (nSPS) is 10.4. The highest BCUT2D eigenvalue weighted by Crippen LogP contribution is 2.28. The summed E-state index contributed by atoms with van der Waals surface area (Å²) in [7, 11) is 0. The second kappa shape index (κ2) is 6.82. The molecule has 106 valence electrons. The number of ether oxygens (including phenoxy) is 1. The Bertz CT molecular complexity index is 584. The lowest BCUT2D eigenvalue weighted by Crippen LogP contribution is -2.03. The minimum absolute atomic E-state index is 0.288. The lowest BCUT2D eigenvalue weighted by Gasteiger charge is -2.11. The molecule has 2 nitrogen and oxygen atoms in total. The number of halogens is 3. The first-order valence-electron chi connectivity index (χ1n) is 6.21. The molecule has 2 aromatic rings. The highest BCUT2D eigenvalue weighted by Gasteiger charge is 2.07. The first kappa shape index (κ1) is 14.9. The second-order valence-electron chi connectivity index (χ2n) is 4.13. The number of rotatable bonds is 5. The SMILES string of the molecule is CCOc1ccc(NCc2c(F)cccc2Cl)cc1Cl. The maximum atomic E-state index is 13.6. The van der Waals surface area contributed by atoms with Gasteiger partial charge in [0.15, 0.2) is 0 Å². The van der Waals surface area contributed by atoms with Gasteiger partial charge in [-0.1, -0.05) is 29.3 Å². The third-order valence-electron chi connectivity index (χ3n) is 2.76. The van der Waals surface area contributed by atoms with Gasteiger partial charge < -0.3 is 10.1 Å². The quantitative estimate of drug-likeness (QED) is 0.824. The van der Waals surface area contributed by atoms with Crippen LogP contribution in [0.3, 0.4) is 0 Å². The predicted molar refractivity (Wildman–Crippen MR) is 81.4 cm³/mol. The van der Waals surface area contributed by atoms with E-state index >= 15 is 0 Å². The van der Waals surface area contributed by atoms with Crippen molar-refractivity contribution in [2.24, 2.45) is 0 Å². The summed E-state index contributed by atoms with van der Waals surface area (Å²) < 4.78 is 19.0. The van der Waals surface area contributed by atoms with Crippen molar-refractivity contribution in [3.05, 3.63) is 57.8 Å². The van der Waals surface area contributed by atoms with Crippen LogP contribution in [0, 0.1) is 5.82 Å². The third kappa shape index (κ3) is 3.56. The fourth-order valence-electron chi connectivity index (χ4n) is 1.78. The lowest BCUT2D eigenvalue weighted by atomic mass is 10.2. The number of anilines is 1. The molecule has 0 bridgehead atoms. The number of hydrogen-bond donors (Lipinski definition) is 1. The van der Waals surface area contributed by atoms with E-state index in [2.05, 4.69) is 5.32 Å². The molecule has 0 aliphatic carbocycles. The largest absolute Gasteiger partial charge is 0.492 e. The van der Waals surface area contributed by atoms with Gasteiger partial charge in [-0.3, -0.25) is 0 Å². The Morgan fingerprint density at radius 1 is 1.15 bits per heavy atom. The topological polar surface area (TPSA) is 21.3 Å². The van der Waals surface area contributed by atoms with Crippen LogP contribution in [0.2, 0.25) is 10.0 Å². The molecule has 0 radical (unpaired) electrons. The Balaban J connectivity index is 2.09. The van der Waals surface area contributed by atoms with Gasteiger partial charge in [0.25, 0.3) is 0 Å². The number of benzene rings is 2. The number of hydrogen-bond acceptors (Lipinski definition) is 2. The molecule has 2 aromatic carbocycles. The zero-order chi connectivity index (χ0) is 14.5. The molecular formula is C15H14Cl2FNO. The molecule has 0 fully saturated rings. The average molecular weight is 314 g/mol. The zero-order valence-corrected chi connectivity index (χ0v) is 12.4. The highest BCUT2D eigenvalue weighted by molar-refractivity contribution is 6.32. The van der Waals surface area contributed by atoms with Crippen molar-refractivity contribution in [2.45, 2.75) is 13.5 Å². The van der Waals surface area contributed by atoms with Crippen LogP contribution < -0.4 is 10.1 Å². The summed E-state index contributed by atoms with van der Waals surface area (Å²) in [6, 6.07) is 9.96. The van der Waals surface area contributed by atoms with Crippen LogP contribution in [0.5, 0.6) is 5.75 Å². The van der Waals surface area contributed by atoms with Crippen molar-refractivity contribution < 1.29 is 9.13 Å². The van der Waals surface area contributed by atoms with Crippen molar-refractivity contribution in [1.82, 2.24) is 0 Å². The Hall–Kier alpha value is -1.45. The standard InChI is InChI=1S/C15H14Cl2FNO/c1-2-20-15-7-6-10(8-13(15)17)19-9-11-12(16)4-3-5-14(11)18/h3-8,19H,2,9H2,1H3. The summed E-state index contributed by atoms with van der Waals surface area (Å²) in [6.07, 6.45) is 0. The van der Waals surface area contributed by atoms with Crippen molar-refractivity contribution >= 4 is 28.9 Å². The molecule has 2 rings (SSSR count). The van der Waals surface area contributed by atoms with Crippen LogP contribution in [0.4, 0.5) is 10.1 Å². The van der Waals surface area contributed by atoms with E-state index < -0.39 is 0 Å². The van der Waals surface area contributed by atoms with E-state index in [9.17, 15) is 4.39 Å². The van der Waals surface area contributed by atoms with Crippen LogP contribution in [-0.2, 0) is 6.54 Å². The van der Waals surface area contributed by atoms with Crippen molar-refractivity contribution in [3.63, 3.8) is 0 Å². The Kier molecular flexibility index (Phi) is 5.10. The van der Waals surface area contributed by atoms with Crippen LogP contribution in [-0.4, -0.2) is 6.61 Å². The summed E-state index contributed by atoms with van der Waals surface area (Å²) in [5, 5.41) is 4.00. The number of nitrogens with one attached hydrogen (secondary N) is 1. The fourth-order valence-corrected chi connectivity index (χ4v) is 2.24. The molecular weight excluding hydrogens is 300 g/mol. The molecule has 0 unspecified atom stereocenters. The van der Waals surface area contributed by atoms with Gasteiger partial charge in [0.1, 0.15) is 11.6 Å². The molecule has 0 heterocycles. The summed E-state index contributed by atoms with van der Waals surface area (Å²) in [6.45, 7) is 2.73. The molecule has 0 atom stereocenters. The molecule has 20 heavy (non-hydrogen) atoms. The van der Waals surface area contributed by atoms with E-state index in [0.717, 1.165) is 5.69 Å². The molecule has 0 aliphatic rings. The summed E-state index contributed by atoms with van der Waals surface area (Å²) in [4.78, 5) is 0. The maximum Gasteiger partial charge on any atom is 0.138 e.